The van der Waals surface area contributed by atoms with E-state index >= 15 is 0 Å². The van der Waals surface area contributed by atoms with Crippen molar-refractivity contribution >= 4 is 6.21 Å². The first-order chi connectivity index (χ1) is 4.81. The monoisotopic (exact) mass is 137 g/mol. The van der Waals surface area contributed by atoms with Gasteiger partial charge >= 0.3 is 0 Å². The molecule has 1 nitrogen and oxygen atoms in total. The van der Waals surface area contributed by atoms with Gasteiger partial charge in [-0.25, -0.2) is 0 Å². The number of hydrogen-bond acceptors (Lipinski definition) is 1. The van der Waals surface area contributed by atoms with Gasteiger partial charge in [-0.1, -0.05) is 19.1 Å². The van der Waals surface area contributed by atoms with E-state index in [1.54, 1.807) is 0 Å². The average Bonchev–Trinajstić information content (AvgIpc) is 1.89. The molecule has 0 aliphatic rings. The molecule has 0 aromatic carbocycles. The van der Waals surface area contributed by atoms with Crippen molar-refractivity contribution in [2.45, 2.75) is 27.2 Å². The minimum Gasteiger partial charge on any atom is -0.262 e. The van der Waals surface area contributed by atoms with Crippen LogP contribution in [-0.2, 0) is 0 Å². The fourth-order valence-electron chi connectivity index (χ4n) is 0.595. The van der Waals surface area contributed by atoms with Crippen LogP contribution in [0.1, 0.15) is 27.2 Å². The fraction of sp³-hybridized carbons (Fsp3) is 0.444. The van der Waals surface area contributed by atoms with Crippen LogP contribution in [-0.4, -0.2) is 6.21 Å². The van der Waals surface area contributed by atoms with Gasteiger partial charge in [-0.05, 0) is 26.3 Å². The second-order valence-electron chi connectivity index (χ2n) is 2.06. The highest BCUT2D eigenvalue weighted by molar-refractivity contribution is 5.71. The van der Waals surface area contributed by atoms with Gasteiger partial charge in [0.15, 0.2) is 0 Å². The third kappa shape index (κ3) is 5.29. The normalized spacial score (nSPS) is 13.7. The molecule has 56 valence electrons. The highest BCUT2D eigenvalue weighted by atomic mass is 14.7. The molecule has 1 heteroatoms. The maximum absolute atomic E-state index is 4.15. The molecule has 10 heavy (non-hydrogen) atoms. The van der Waals surface area contributed by atoms with Gasteiger partial charge in [0, 0.05) is 11.9 Å². The Kier molecular flexibility index (Phi) is 5.74. The predicted octanol–water partition coefficient (Wildman–Crippen LogP) is 2.95. The zero-order valence-corrected chi connectivity index (χ0v) is 6.96. The Morgan fingerprint density at radius 1 is 1.50 bits per heavy atom. The Morgan fingerprint density at radius 3 is 2.70 bits per heavy atom. The Morgan fingerprint density at radius 2 is 2.20 bits per heavy atom. The molecule has 0 spiro atoms. The van der Waals surface area contributed by atoms with Crippen LogP contribution in [0.3, 0.4) is 0 Å². The summed E-state index contributed by atoms with van der Waals surface area (Å²) in [5, 5.41) is 0. The molecule has 0 saturated carbocycles. The lowest BCUT2D eigenvalue weighted by Gasteiger charge is -1.86. The van der Waals surface area contributed by atoms with Crippen LogP contribution < -0.4 is 0 Å². The van der Waals surface area contributed by atoms with E-state index in [2.05, 4.69) is 18.0 Å². The Hall–Kier alpha value is -0.850. The maximum Gasteiger partial charge on any atom is 0.0332 e. The Labute approximate surface area is 63.2 Å². The first kappa shape index (κ1) is 9.15. The van der Waals surface area contributed by atoms with Gasteiger partial charge in [0.1, 0.15) is 0 Å². The van der Waals surface area contributed by atoms with Crippen molar-refractivity contribution < 1.29 is 0 Å². The van der Waals surface area contributed by atoms with Gasteiger partial charge in [-0.2, -0.15) is 0 Å². The van der Waals surface area contributed by atoms with Crippen LogP contribution in [0.5, 0.6) is 0 Å². The summed E-state index contributed by atoms with van der Waals surface area (Å²) in [4.78, 5) is 4.15. The molecule has 0 fully saturated rings. The molecular formula is C9H15N. The lowest BCUT2D eigenvalue weighted by molar-refractivity contribution is 1.16. The lowest BCUT2D eigenvalue weighted by atomic mass is 10.4. The van der Waals surface area contributed by atoms with Gasteiger partial charge in [0.2, 0.25) is 0 Å². The van der Waals surface area contributed by atoms with E-state index in [1.165, 1.54) is 0 Å². The van der Waals surface area contributed by atoms with E-state index in [1.807, 2.05) is 32.2 Å². The summed E-state index contributed by atoms with van der Waals surface area (Å²) in [7, 11) is 0. The van der Waals surface area contributed by atoms with Crippen molar-refractivity contribution in [1.82, 2.24) is 0 Å². The topological polar surface area (TPSA) is 12.4 Å². The third-order valence-corrected chi connectivity index (χ3v) is 1.06. The SMILES string of the molecule is C/C=C/C=N\C(C)=C/CC. The van der Waals surface area contributed by atoms with Gasteiger partial charge in [0.05, 0.1) is 0 Å². The van der Waals surface area contributed by atoms with E-state index in [0.29, 0.717) is 0 Å². The van der Waals surface area contributed by atoms with Gasteiger partial charge in [-0.15, -0.1) is 0 Å². The molecule has 0 radical (unpaired) electrons. The molecule has 0 aliphatic carbocycles. The zero-order chi connectivity index (χ0) is 7.82. The van der Waals surface area contributed by atoms with Crippen molar-refractivity contribution in [3.63, 3.8) is 0 Å². The molecule has 0 rings (SSSR count). The summed E-state index contributed by atoms with van der Waals surface area (Å²) in [6.07, 6.45) is 8.84. The molecule has 0 amide bonds. The van der Waals surface area contributed by atoms with Crippen molar-refractivity contribution in [1.29, 1.82) is 0 Å². The maximum atomic E-state index is 4.15. The van der Waals surface area contributed by atoms with Crippen molar-refractivity contribution in [3.05, 3.63) is 23.9 Å². The van der Waals surface area contributed by atoms with Crippen molar-refractivity contribution in [2.75, 3.05) is 0 Å². The molecule has 0 aromatic heterocycles. The fourth-order valence-corrected chi connectivity index (χ4v) is 0.595. The summed E-state index contributed by atoms with van der Waals surface area (Å²) in [5.74, 6) is 0. The van der Waals surface area contributed by atoms with Crippen LogP contribution in [0.25, 0.3) is 0 Å². The number of allylic oxidation sites excluding steroid dienone is 4. The lowest BCUT2D eigenvalue weighted by Crippen LogP contribution is -1.69. The largest absolute Gasteiger partial charge is 0.262 e. The van der Waals surface area contributed by atoms with Gasteiger partial charge in [-0.3, -0.25) is 4.99 Å². The highest BCUT2D eigenvalue weighted by Gasteiger charge is 1.76. The zero-order valence-electron chi connectivity index (χ0n) is 6.96. The Bertz CT molecular complexity index is 152. The quantitative estimate of drug-likeness (QED) is 0.530. The summed E-state index contributed by atoms with van der Waals surface area (Å²) < 4.78 is 0. The predicted molar refractivity (Wildman–Crippen MR) is 47.4 cm³/mol. The van der Waals surface area contributed by atoms with Crippen molar-refractivity contribution in [2.24, 2.45) is 4.99 Å². The molecule has 0 N–H and O–H groups in total. The first-order valence-corrected chi connectivity index (χ1v) is 3.63. The molecule has 0 aliphatic heterocycles. The standard InChI is InChI=1S/C9H15N/c1-4-6-8-10-9(3)7-5-2/h4,6-8H,5H2,1-3H3/b6-4+,9-7-,10-8-. The molecule has 0 bridgehead atoms. The van der Waals surface area contributed by atoms with Crippen LogP contribution >= 0.6 is 0 Å². The highest BCUT2D eigenvalue weighted by Crippen LogP contribution is 1.94. The molecule has 0 aromatic rings. The van der Waals surface area contributed by atoms with E-state index in [-0.39, 0.29) is 0 Å². The van der Waals surface area contributed by atoms with Crippen LogP contribution in [0.4, 0.5) is 0 Å². The van der Waals surface area contributed by atoms with Crippen molar-refractivity contribution in [3.8, 4) is 0 Å². The second-order valence-corrected chi connectivity index (χ2v) is 2.06. The van der Waals surface area contributed by atoms with Crippen LogP contribution in [0, 0.1) is 0 Å². The second kappa shape index (κ2) is 6.27. The number of hydrogen-bond donors (Lipinski definition) is 0. The molecule has 0 saturated heterocycles. The third-order valence-electron chi connectivity index (χ3n) is 1.06. The average molecular weight is 137 g/mol. The summed E-state index contributed by atoms with van der Waals surface area (Å²) >= 11 is 0. The first-order valence-electron chi connectivity index (χ1n) is 3.63. The summed E-state index contributed by atoms with van der Waals surface area (Å²) in [6.45, 7) is 6.09. The molecule has 0 heterocycles. The summed E-state index contributed by atoms with van der Waals surface area (Å²) in [6, 6.07) is 0. The summed E-state index contributed by atoms with van der Waals surface area (Å²) in [5.41, 5.74) is 1.08. The number of nitrogens with zero attached hydrogens (tertiary/aromatic N) is 1. The molecule has 0 atom stereocenters. The molecule has 0 unspecified atom stereocenters. The number of rotatable bonds is 3. The minimum absolute atomic E-state index is 1.05. The van der Waals surface area contributed by atoms with Crippen LogP contribution in [0.15, 0.2) is 28.9 Å². The number of aliphatic imine (C=N–C) groups is 1. The van der Waals surface area contributed by atoms with Gasteiger partial charge < -0.3 is 0 Å². The van der Waals surface area contributed by atoms with Gasteiger partial charge in [0.25, 0.3) is 0 Å². The molecular weight excluding hydrogens is 122 g/mol. The van der Waals surface area contributed by atoms with Crippen LogP contribution in [0.2, 0.25) is 0 Å². The smallest absolute Gasteiger partial charge is 0.0332 e. The van der Waals surface area contributed by atoms with E-state index in [9.17, 15) is 0 Å². The Balaban J connectivity index is 3.76. The van der Waals surface area contributed by atoms with E-state index < -0.39 is 0 Å². The van der Waals surface area contributed by atoms with E-state index in [4.69, 9.17) is 0 Å². The minimum atomic E-state index is 1.05. The van der Waals surface area contributed by atoms with E-state index in [0.717, 1.165) is 12.1 Å².